The zero-order valence-corrected chi connectivity index (χ0v) is 15.3. The molecule has 1 atom stereocenters. The maximum atomic E-state index is 12.3. The highest BCUT2D eigenvalue weighted by Crippen LogP contribution is 2.16. The summed E-state index contributed by atoms with van der Waals surface area (Å²) >= 11 is 0. The molecule has 0 radical (unpaired) electrons. The zero-order chi connectivity index (χ0) is 19.4. The molecule has 1 amide bonds. The Balaban J connectivity index is 1.61. The molecule has 0 saturated carbocycles. The number of hydrogen-bond acceptors (Lipinski definition) is 6. The zero-order valence-electron chi connectivity index (χ0n) is 15.3. The van der Waals surface area contributed by atoms with E-state index in [4.69, 9.17) is 9.47 Å². The molecule has 3 aromatic rings. The number of methoxy groups -OCH3 is 1. The van der Waals surface area contributed by atoms with Crippen LogP contribution >= 0.6 is 0 Å². The summed E-state index contributed by atoms with van der Waals surface area (Å²) in [6.07, 6.45) is 0.650. The average Bonchev–Trinajstić information content (AvgIpc) is 3.06. The maximum absolute atomic E-state index is 12.3. The summed E-state index contributed by atoms with van der Waals surface area (Å²) in [5.41, 5.74) is 1.78. The molecule has 3 rings (SSSR count). The third-order valence-electron chi connectivity index (χ3n) is 4.11. The number of pyridine rings is 1. The molecule has 8 nitrogen and oxygen atoms in total. The number of esters is 1. The van der Waals surface area contributed by atoms with Gasteiger partial charge in [-0.05, 0) is 32.0 Å². The molecule has 0 bridgehead atoms. The second-order valence-electron chi connectivity index (χ2n) is 5.97. The fourth-order valence-corrected chi connectivity index (χ4v) is 2.58. The van der Waals surface area contributed by atoms with Crippen LogP contribution < -0.4 is 10.1 Å². The number of benzene rings is 1. The van der Waals surface area contributed by atoms with E-state index in [1.807, 2.05) is 24.3 Å². The summed E-state index contributed by atoms with van der Waals surface area (Å²) in [5, 5.41) is 10.6. The van der Waals surface area contributed by atoms with E-state index in [0.29, 0.717) is 22.8 Å². The van der Waals surface area contributed by atoms with Gasteiger partial charge < -0.3 is 14.8 Å². The topological polar surface area (TPSA) is 94.8 Å². The minimum atomic E-state index is -0.940. The average molecular weight is 368 g/mol. The van der Waals surface area contributed by atoms with Crippen LogP contribution in [-0.4, -0.2) is 39.7 Å². The number of para-hydroxylation sites is 1. The summed E-state index contributed by atoms with van der Waals surface area (Å²) in [7, 11) is 1.57. The van der Waals surface area contributed by atoms with Gasteiger partial charge in [0.2, 0.25) is 0 Å². The molecule has 0 aliphatic carbocycles. The van der Waals surface area contributed by atoms with Crippen molar-refractivity contribution in [2.45, 2.75) is 26.5 Å². The molecule has 0 aliphatic heterocycles. The van der Waals surface area contributed by atoms with Crippen molar-refractivity contribution in [2.24, 2.45) is 0 Å². The monoisotopic (exact) mass is 368 g/mol. The Labute approximate surface area is 156 Å². The van der Waals surface area contributed by atoms with E-state index in [1.165, 1.54) is 6.92 Å². The van der Waals surface area contributed by atoms with E-state index < -0.39 is 18.0 Å². The largest absolute Gasteiger partial charge is 0.496 e. The van der Waals surface area contributed by atoms with Crippen molar-refractivity contribution in [3.63, 3.8) is 0 Å². The quantitative estimate of drug-likeness (QED) is 0.668. The third kappa shape index (κ3) is 4.05. The Kier molecular flexibility index (Phi) is 5.35. The second kappa shape index (κ2) is 7.86. The Bertz CT molecular complexity index is 983. The van der Waals surface area contributed by atoms with Crippen molar-refractivity contribution in [2.75, 3.05) is 7.11 Å². The fourth-order valence-electron chi connectivity index (χ4n) is 2.58. The lowest BCUT2D eigenvalue weighted by molar-refractivity contribution is -0.129. The van der Waals surface area contributed by atoms with Crippen molar-refractivity contribution >= 4 is 17.5 Å². The highest BCUT2D eigenvalue weighted by atomic mass is 16.5. The molecular weight excluding hydrogens is 348 g/mol. The maximum Gasteiger partial charge on any atom is 0.340 e. The molecule has 27 heavy (non-hydrogen) atoms. The lowest BCUT2D eigenvalue weighted by Gasteiger charge is -2.14. The van der Waals surface area contributed by atoms with Crippen LogP contribution in [0.25, 0.3) is 5.65 Å². The van der Waals surface area contributed by atoms with Crippen molar-refractivity contribution < 1.29 is 19.1 Å². The molecular formula is C19H20N4O4. The summed E-state index contributed by atoms with van der Waals surface area (Å²) < 4.78 is 12.2. The van der Waals surface area contributed by atoms with Crippen molar-refractivity contribution in [3.8, 4) is 5.75 Å². The van der Waals surface area contributed by atoms with Gasteiger partial charge in [0.05, 0.1) is 12.7 Å². The Hall–Kier alpha value is -3.42. The van der Waals surface area contributed by atoms with Crippen molar-refractivity contribution in [1.82, 2.24) is 19.9 Å². The van der Waals surface area contributed by atoms with Crippen molar-refractivity contribution in [3.05, 3.63) is 59.5 Å². The summed E-state index contributed by atoms with van der Waals surface area (Å²) in [4.78, 5) is 24.6. The summed E-state index contributed by atoms with van der Waals surface area (Å²) in [6.45, 7) is 3.58. The number of amides is 1. The molecule has 8 heteroatoms. The van der Waals surface area contributed by atoms with Crippen LogP contribution in [0.15, 0.2) is 42.6 Å². The predicted octanol–water partition coefficient (Wildman–Crippen LogP) is 1.91. The Morgan fingerprint density at radius 1 is 1.19 bits per heavy atom. The highest BCUT2D eigenvalue weighted by molar-refractivity contribution is 5.92. The Morgan fingerprint density at radius 2 is 1.96 bits per heavy atom. The van der Waals surface area contributed by atoms with Crippen LogP contribution in [0.4, 0.5) is 0 Å². The number of aryl methyl sites for hydroxylation is 1. The minimum absolute atomic E-state index is 0.274. The lowest BCUT2D eigenvalue weighted by Crippen LogP contribution is -2.35. The molecule has 2 aromatic heterocycles. The van der Waals surface area contributed by atoms with Crippen LogP contribution in [0.1, 0.15) is 28.7 Å². The molecule has 0 aliphatic rings. The van der Waals surface area contributed by atoms with Gasteiger partial charge in [-0.15, -0.1) is 10.2 Å². The minimum Gasteiger partial charge on any atom is -0.496 e. The molecule has 2 heterocycles. The molecule has 1 aromatic carbocycles. The van der Waals surface area contributed by atoms with Gasteiger partial charge in [0, 0.05) is 18.3 Å². The highest BCUT2D eigenvalue weighted by Gasteiger charge is 2.19. The van der Waals surface area contributed by atoms with Gasteiger partial charge >= 0.3 is 5.97 Å². The van der Waals surface area contributed by atoms with Crippen LogP contribution in [0.5, 0.6) is 5.75 Å². The van der Waals surface area contributed by atoms with E-state index in [-0.39, 0.29) is 6.54 Å². The van der Waals surface area contributed by atoms with E-state index in [1.54, 1.807) is 36.8 Å². The number of ether oxygens (including phenoxy) is 2. The van der Waals surface area contributed by atoms with Crippen LogP contribution in [0, 0.1) is 6.92 Å². The molecule has 0 fully saturated rings. The standard InChI is InChI=1S/C19H20N4O4/c1-12(18(24)20-10-14-6-4-5-7-16(14)26-3)27-19(25)15-8-9-17-22-21-13(2)23(17)11-15/h4-9,11-12H,10H2,1-3H3,(H,20,24). The number of carbonyl (C=O) groups excluding carboxylic acids is 2. The first kappa shape index (κ1) is 18.4. The van der Waals surface area contributed by atoms with Crippen LogP contribution in [-0.2, 0) is 16.1 Å². The van der Waals surface area contributed by atoms with Gasteiger partial charge in [0.25, 0.3) is 5.91 Å². The molecule has 1 unspecified atom stereocenters. The molecule has 1 N–H and O–H groups in total. The normalized spacial score (nSPS) is 11.8. The first-order chi connectivity index (χ1) is 13.0. The summed E-state index contributed by atoms with van der Waals surface area (Å²) in [6, 6.07) is 10.6. The number of nitrogens with zero attached hydrogens (tertiary/aromatic N) is 3. The number of hydrogen-bond donors (Lipinski definition) is 1. The van der Waals surface area contributed by atoms with Gasteiger partial charge in [0.1, 0.15) is 11.6 Å². The number of aromatic nitrogens is 3. The fraction of sp³-hybridized carbons (Fsp3) is 0.263. The van der Waals surface area contributed by atoms with Gasteiger partial charge in [-0.3, -0.25) is 9.20 Å². The third-order valence-corrected chi connectivity index (χ3v) is 4.11. The van der Waals surface area contributed by atoms with E-state index in [0.717, 1.165) is 5.56 Å². The van der Waals surface area contributed by atoms with E-state index in [9.17, 15) is 9.59 Å². The number of rotatable bonds is 6. The first-order valence-corrected chi connectivity index (χ1v) is 8.41. The first-order valence-electron chi connectivity index (χ1n) is 8.41. The molecule has 140 valence electrons. The lowest BCUT2D eigenvalue weighted by atomic mass is 10.2. The van der Waals surface area contributed by atoms with Gasteiger partial charge in [-0.2, -0.15) is 0 Å². The van der Waals surface area contributed by atoms with Gasteiger partial charge in [-0.1, -0.05) is 18.2 Å². The van der Waals surface area contributed by atoms with E-state index in [2.05, 4.69) is 15.5 Å². The second-order valence-corrected chi connectivity index (χ2v) is 5.97. The van der Waals surface area contributed by atoms with Crippen LogP contribution in [0.3, 0.4) is 0 Å². The van der Waals surface area contributed by atoms with Crippen LogP contribution in [0.2, 0.25) is 0 Å². The number of nitrogens with one attached hydrogen (secondary N) is 1. The molecule has 0 saturated heterocycles. The Morgan fingerprint density at radius 3 is 2.74 bits per heavy atom. The van der Waals surface area contributed by atoms with Gasteiger partial charge in [0.15, 0.2) is 11.8 Å². The number of carbonyl (C=O) groups is 2. The van der Waals surface area contributed by atoms with Gasteiger partial charge in [-0.25, -0.2) is 4.79 Å². The van der Waals surface area contributed by atoms with Crippen molar-refractivity contribution in [1.29, 1.82) is 0 Å². The summed E-state index contributed by atoms with van der Waals surface area (Å²) in [5.74, 6) is 0.350. The smallest absolute Gasteiger partial charge is 0.340 e. The number of fused-ring (bicyclic) bond motifs is 1. The molecule has 0 spiro atoms. The van der Waals surface area contributed by atoms with E-state index >= 15 is 0 Å². The predicted molar refractivity (Wildman–Crippen MR) is 97.4 cm³/mol. The SMILES string of the molecule is COc1ccccc1CNC(=O)C(C)OC(=O)c1ccc2nnc(C)n2c1.